The number of anilines is 1. The molecule has 0 amide bonds. The van der Waals surface area contributed by atoms with E-state index in [0.29, 0.717) is 29.0 Å². The van der Waals surface area contributed by atoms with E-state index in [4.69, 9.17) is 4.74 Å². The summed E-state index contributed by atoms with van der Waals surface area (Å²) in [6.07, 6.45) is 7.02. The predicted molar refractivity (Wildman–Crippen MR) is 96.7 cm³/mol. The monoisotopic (exact) mass is 338 g/mol. The van der Waals surface area contributed by atoms with Crippen molar-refractivity contribution in [3.63, 3.8) is 0 Å². The third kappa shape index (κ3) is 4.00. The molecule has 0 bridgehead atoms. The summed E-state index contributed by atoms with van der Waals surface area (Å²) >= 11 is 0. The van der Waals surface area contributed by atoms with Crippen LogP contribution in [0.25, 0.3) is 11.3 Å². The molecule has 1 aliphatic rings. The van der Waals surface area contributed by atoms with Gasteiger partial charge in [0.25, 0.3) is 5.56 Å². The number of ether oxygens (including phenoxy) is 1. The Bertz CT molecular complexity index is 813. The van der Waals surface area contributed by atoms with Crippen LogP contribution in [0.2, 0.25) is 0 Å². The van der Waals surface area contributed by atoms with Crippen LogP contribution < -0.4 is 15.6 Å². The summed E-state index contributed by atoms with van der Waals surface area (Å²) in [6.45, 7) is 0. The molecular weight excluding hydrogens is 316 g/mol. The van der Waals surface area contributed by atoms with Crippen molar-refractivity contribution in [3.8, 4) is 23.1 Å². The summed E-state index contributed by atoms with van der Waals surface area (Å²) < 4.78 is 5.16. The van der Waals surface area contributed by atoms with Gasteiger partial charge in [-0.1, -0.05) is 25.7 Å². The van der Waals surface area contributed by atoms with Crippen molar-refractivity contribution in [2.24, 2.45) is 0 Å². The molecule has 1 aliphatic carbocycles. The Morgan fingerprint density at radius 1 is 1.20 bits per heavy atom. The van der Waals surface area contributed by atoms with Crippen molar-refractivity contribution < 1.29 is 4.74 Å². The number of hydrogen-bond donors (Lipinski definition) is 2. The Kier molecular flexibility index (Phi) is 5.34. The van der Waals surface area contributed by atoms with E-state index in [-0.39, 0.29) is 5.56 Å². The fourth-order valence-electron chi connectivity index (χ4n) is 3.22. The zero-order valence-corrected chi connectivity index (χ0v) is 14.3. The highest BCUT2D eigenvalue weighted by atomic mass is 16.5. The number of aromatic nitrogens is 2. The molecule has 0 saturated heterocycles. The molecule has 0 radical (unpaired) electrons. The van der Waals surface area contributed by atoms with E-state index < -0.39 is 5.56 Å². The van der Waals surface area contributed by atoms with Gasteiger partial charge in [0.2, 0.25) is 5.95 Å². The Balaban J connectivity index is 1.94. The molecule has 2 N–H and O–H groups in total. The lowest BCUT2D eigenvalue weighted by Crippen LogP contribution is -2.24. The SMILES string of the molecule is COc1ccc(-c2nc(NC3CCCCCC3)[nH]c(=O)c2C#N)cc1. The lowest BCUT2D eigenvalue weighted by Gasteiger charge is -2.17. The number of nitrogens with zero attached hydrogens (tertiary/aromatic N) is 2. The topological polar surface area (TPSA) is 90.8 Å². The predicted octanol–water partition coefficient (Wildman–Crippen LogP) is 3.45. The standard InChI is InChI=1S/C19H22N4O2/c1-25-15-10-8-13(9-11-15)17-16(12-20)18(24)23-19(22-17)21-14-6-4-2-3-5-7-14/h8-11,14H,2-7H2,1H3,(H2,21,22,23,24). The minimum absolute atomic E-state index is 0.0246. The summed E-state index contributed by atoms with van der Waals surface area (Å²) in [6, 6.07) is 9.46. The lowest BCUT2D eigenvalue weighted by atomic mass is 10.1. The van der Waals surface area contributed by atoms with Crippen molar-refractivity contribution in [2.45, 2.75) is 44.6 Å². The second-order valence-corrected chi connectivity index (χ2v) is 6.31. The van der Waals surface area contributed by atoms with Gasteiger partial charge in [-0.2, -0.15) is 5.26 Å². The summed E-state index contributed by atoms with van der Waals surface area (Å²) in [4.78, 5) is 19.5. The summed E-state index contributed by atoms with van der Waals surface area (Å²) in [7, 11) is 1.59. The summed E-state index contributed by atoms with van der Waals surface area (Å²) in [5, 5.41) is 12.7. The molecule has 1 saturated carbocycles. The van der Waals surface area contributed by atoms with Gasteiger partial charge in [-0.25, -0.2) is 4.98 Å². The summed E-state index contributed by atoms with van der Waals surface area (Å²) in [5.74, 6) is 1.14. The van der Waals surface area contributed by atoms with Crippen LogP contribution in [0.3, 0.4) is 0 Å². The zero-order chi connectivity index (χ0) is 17.6. The maximum absolute atomic E-state index is 12.3. The van der Waals surface area contributed by atoms with Gasteiger partial charge in [0.1, 0.15) is 17.4 Å². The van der Waals surface area contributed by atoms with Crippen molar-refractivity contribution >= 4 is 5.95 Å². The number of methoxy groups -OCH3 is 1. The smallest absolute Gasteiger partial charge is 0.270 e. The van der Waals surface area contributed by atoms with E-state index in [1.165, 1.54) is 25.7 Å². The van der Waals surface area contributed by atoms with Gasteiger partial charge < -0.3 is 10.1 Å². The van der Waals surface area contributed by atoms with Gasteiger partial charge in [-0.15, -0.1) is 0 Å². The Morgan fingerprint density at radius 3 is 2.48 bits per heavy atom. The van der Waals surface area contributed by atoms with E-state index >= 15 is 0 Å². The molecule has 1 heterocycles. The van der Waals surface area contributed by atoms with Crippen LogP contribution in [0.15, 0.2) is 29.1 Å². The van der Waals surface area contributed by atoms with Crippen LogP contribution in [0.5, 0.6) is 5.75 Å². The average molecular weight is 338 g/mol. The van der Waals surface area contributed by atoms with Gasteiger partial charge in [0, 0.05) is 11.6 Å². The molecule has 0 spiro atoms. The number of hydrogen-bond acceptors (Lipinski definition) is 5. The normalized spacial score (nSPS) is 15.2. The second kappa shape index (κ2) is 7.84. The van der Waals surface area contributed by atoms with Gasteiger partial charge in [0.05, 0.1) is 12.8 Å². The fraction of sp³-hybridized carbons (Fsp3) is 0.421. The van der Waals surface area contributed by atoms with E-state index in [2.05, 4.69) is 15.3 Å². The van der Waals surface area contributed by atoms with Crippen molar-refractivity contribution in [3.05, 3.63) is 40.2 Å². The lowest BCUT2D eigenvalue weighted by molar-refractivity contribution is 0.415. The highest BCUT2D eigenvalue weighted by Crippen LogP contribution is 2.24. The summed E-state index contributed by atoms with van der Waals surface area (Å²) in [5.41, 5.74) is 0.716. The molecular formula is C19H22N4O2. The Hall–Kier alpha value is -2.81. The minimum Gasteiger partial charge on any atom is -0.497 e. The van der Waals surface area contributed by atoms with E-state index in [0.717, 1.165) is 12.8 Å². The molecule has 0 atom stereocenters. The maximum Gasteiger partial charge on any atom is 0.270 e. The molecule has 130 valence electrons. The molecule has 1 aromatic heterocycles. The number of aromatic amines is 1. The van der Waals surface area contributed by atoms with Gasteiger partial charge >= 0.3 is 0 Å². The van der Waals surface area contributed by atoms with E-state index in [1.807, 2.05) is 6.07 Å². The molecule has 6 heteroatoms. The van der Waals surface area contributed by atoms with Crippen LogP contribution in [0, 0.1) is 11.3 Å². The Morgan fingerprint density at radius 2 is 1.88 bits per heavy atom. The van der Waals surface area contributed by atoms with Crippen LogP contribution in [-0.4, -0.2) is 23.1 Å². The molecule has 0 aliphatic heterocycles. The van der Waals surface area contributed by atoms with Crippen molar-refractivity contribution in [2.75, 3.05) is 12.4 Å². The third-order valence-electron chi connectivity index (χ3n) is 4.59. The average Bonchev–Trinajstić information content (AvgIpc) is 2.90. The highest BCUT2D eigenvalue weighted by molar-refractivity contribution is 5.67. The number of benzene rings is 1. The first-order chi connectivity index (χ1) is 12.2. The number of nitrogens with one attached hydrogen (secondary N) is 2. The largest absolute Gasteiger partial charge is 0.497 e. The van der Waals surface area contributed by atoms with Crippen LogP contribution in [0.1, 0.15) is 44.1 Å². The molecule has 2 aromatic rings. The molecule has 3 rings (SSSR count). The molecule has 1 aromatic carbocycles. The van der Waals surface area contributed by atoms with Gasteiger partial charge in [-0.05, 0) is 37.1 Å². The first kappa shape index (κ1) is 17.0. The molecule has 25 heavy (non-hydrogen) atoms. The number of H-pyrrole nitrogens is 1. The van der Waals surface area contributed by atoms with E-state index in [9.17, 15) is 10.1 Å². The van der Waals surface area contributed by atoms with Gasteiger partial charge in [0.15, 0.2) is 0 Å². The second-order valence-electron chi connectivity index (χ2n) is 6.31. The molecule has 0 unspecified atom stereocenters. The molecule has 1 fully saturated rings. The van der Waals surface area contributed by atoms with Crippen LogP contribution in [0.4, 0.5) is 5.95 Å². The van der Waals surface area contributed by atoms with Crippen molar-refractivity contribution in [1.29, 1.82) is 5.26 Å². The molecule has 6 nitrogen and oxygen atoms in total. The number of rotatable bonds is 4. The first-order valence-corrected chi connectivity index (χ1v) is 8.66. The number of nitriles is 1. The fourth-order valence-corrected chi connectivity index (χ4v) is 3.22. The zero-order valence-electron chi connectivity index (χ0n) is 14.3. The van der Waals surface area contributed by atoms with E-state index in [1.54, 1.807) is 31.4 Å². The van der Waals surface area contributed by atoms with Gasteiger partial charge in [-0.3, -0.25) is 9.78 Å². The minimum atomic E-state index is -0.417. The van der Waals surface area contributed by atoms with Crippen LogP contribution >= 0.6 is 0 Å². The quantitative estimate of drug-likeness (QED) is 0.833. The van der Waals surface area contributed by atoms with Crippen molar-refractivity contribution in [1.82, 2.24) is 9.97 Å². The van der Waals surface area contributed by atoms with Crippen LogP contribution in [-0.2, 0) is 0 Å². The Labute approximate surface area is 146 Å². The highest BCUT2D eigenvalue weighted by Gasteiger charge is 2.17. The third-order valence-corrected chi connectivity index (χ3v) is 4.59. The first-order valence-electron chi connectivity index (χ1n) is 8.66. The maximum atomic E-state index is 12.3.